The van der Waals surface area contributed by atoms with Gasteiger partial charge in [0.2, 0.25) is 0 Å². The molecule has 0 saturated heterocycles. The van der Waals surface area contributed by atoms with Crippen molar-refractivity contribution in [2.75, 3.05) is 0 Å². The normalized spacial score (nSPS) is 14.1. The number of alkyl halides is 3. The topological polar surface area (TPSA) is 38.9 Å². The number of aromatic nitrogens is 1. The van der Waals surface area contributed by atoms with E-state index in [-0.39, 0.29) is 10.7 Å². The van der Waals surface area contributed by atoms with Crippen LogP contribution in [0.3, 0.4) is 0 Å². The largest absolute Gasteiger partial charge is 0.390 e. The Labute approximate surface area is 83.9 Å². The van der Waals surface area contributed by atoms with E-state index >= 15 is 0 Å². The van der Waals surface area contributed by atoms with E-state index in [4.69, 9.17) is 17.3 Å². The van der Waals surface area contributed by atoms with E-state index in [1.54, 1.807) is 0 Å². The summed E-state index contributed by atoms with van der Waals surface area (Å²) in [7, 11) is 0. The second kappa shape index (κ2) is 4.14. The molecule has 6 heteroatoms. The van der Waals surface area contributed by atoms with Crippen LogP contribution in [0.25, 0.3) is 0 Å². The maximum Gasteiger partial charge on any atom is 0.390 e. The standard InChI is InChI=1S/C8H8ClF3N2/c9-7-5(2-1-3-14-7)6(13)4-8(10,11)12/h1-3,6H,4,13H2/t6-/m0/s1. The number of rotatable bonds is 2. The summed E-state index contributed by atoms with van der Waals surface area (Å²) in [5, 5.41) is 0.0178. The predicted molar refractivity (Wildman–Crippen MR) is 46.8 cm³/mol. The van der Waals surface area contributed by atoms with Gasteiger partial charge < -0.3 is 5.73 Å². The second-order valence-corrected chi connectivity index (χ2v) is 3.17. The Morgan fingerprint density at radius 3 is 2.64 bits per heavy atom. The molecule has 78 valence electrons. The zero-order valence-electron chi connectivity index (χ0n) is 7.05. The van der Waals surface area contributed by atoms with E-state index in [0.29, 0.717) is 0 Å². The van der Waals surface area contributed by atoms with Gasteiger partial charge >= 0.3 is 6.18 Å². The molecule has 0 aliphatic carbocycles. The van der Waals surface area contributed by atoms with Crippen molar-refractivity contribution in [3.8, 4) is 0 Å². The molecule has 0 bridgehead atoms. The van der Waals surface area contributed by atoms with Gasteiger partial charge in [-0.2, -0.15) is 13.2 Å². The van der Waals surface area contributed by atoms with Crippen molar-refractivity contribution in [2.45, 2.75) is 18.6 Å². The van der Waals surface area contributed by atoms with Gasteiger partial charge in [-0.25, -0.2) is 4.98 Å². The van der Waals surface area contributed by atoms with Crippen molar-refractivity contribution in [2.24, 2.45) is 5.73 Å². The third-order valence-corrected chi connectivity index (χ3v) is 1.95. The molecule has 0 radical (unpaired) electrons. The number of nitrogens with two attached hydrogens (primary N) is 1. The molecule has 0 unspecified atom stereocenters. The van der Waals surface area contributed by atoms with Crippen LogP contribution in [0.5, 0.6) is 0 Å². The van der Waals surface area contributed by atoms with E-state index in [1.807, 2.05) is 0 Å². The van der Waals surface area contributed by atoms with Gasteiger partial charge in [0.25, 0.3) is 0 Å². The SMILES string of the molecule is N[C@@H](CC(F)(F)F)c1cccnc1Cl. The number of hydrogen-bond donors (Lipinski definition) is 1. The first-order chi connectivity index (χ1) is 6.40. The first kappa shape index (κ1) is 11.3. The van der Waals surface area contributed by atoms with Crippen molar-refractivity contribution < 1.29 is 13.2 Å². The van der Waals surface area contributed by atoms with Crippen LogP contribution in [0.4, 0.5) is 13.2 Å². The quantitative estimate of drug-likeness (QED) is 0.785. The molecule has 2 nitrogen and oxygen atoms in total. The fourth-order valence-corrected chi connectivity index (χ4v) is 1.29. The van der Waals surface area contributed by atoms with Gasteiger partial charge in [-0.05, 0) is 6.07 Å². The highest BCUT2D eigenvalue weighted by Crippen LogP contribution is 2.30. The van der Waals surface area contributed by atoms with Gasteiger partial charge in [0.1, 0.15) is 5.15 Å². The number of nitrogens with zero attached hydrogens (tertiary/aromatic N) is 1. The average molecular weight is 225 g/mol. The van der Waals surface area contributed by atoms with E-state index < -0.39 is 18.6 Å². The van der Waals surface area contributed by atoms with Crippen LogP contribution in [0.2, 0.25) is 5.15 Å². The average Bonchev–Trinajstić information content (AvgIpc) is 2.01. The van der Waals surface area contributed by atoms with E-state index in [2.05, 4.69) is 4.98 Å². The minimum Gasteiger partial charge on any atom is -0.324 e. The van der Waals surface area contributed by atoms with Crippen LogP contribution < -0.4 is 5.73 Å². The highest BCUT2D eigenvalue weighted by atomic mass is 35.5. The molecule has 0 fully saturated rings. The lowest BCUT2D eigenvalue weighted by Crippen LogP contribution is -2.20. The summed E-state index contributed by atoms with van der Waals surface area (Å²) in [4.78, 5) is 3.65. The summed E-state index contributed by atoms with van der Waals surface area (Å²) in [6, 6.07) is 1.78. The van der Waals surface area contributed by atoms with Crippen molar-refractivity contribution in [3.63, 3.8) is 0 Å². The Morgan fingerprint density at radius 2 is 2.14 bits per heavy atom. The molecule has 1 aromatic heterocycles. The molecule has 14 heavy (non-hydrogen) atoms. The zero-order valence-corrected chi connectivity index (χ0v) is 7.81. The van der Waals surface area contributed by atoms with Crippen LogP contribution in [0.15, 0.2) is 18.3 Å². The van der Waals surface area contributed by atoms with Gasteiger partial charge in [0, 0.05) is 17.8 Å². The van der Waals surface area contributed by atoms with Gasteiger partial charge in [-0.1, -0.05) is 17.7 Å². The van der Waals surface area contributed by atoms with E-state index in [0.717, 1.165) is 0 Å². The third kappa shape index (κ3) is 3.16. The first-order valence-corrected chi connectivity index (χ1v) is 4.20. The molecular weight excluding hydrogens is 217 g/mol. The molecule has 0 aliphatic heterocycles. The summed E-state index contributed by atoms with van der Waals surface area (Å²) in [6.07, 6.45) is -4.00. The molecule has 1 aromatic rings. The molecule has 1 rings (SSSR count). The van der Waals surface area contributed by atoms with E-state index in [9.17, 15) is 13.2 Å². The van der Waals surface area contributed by atoms with Crippen molar-refractivity contribution in [1.29, 1.82) is 0 Å². The van der Waals surface area contributed by atoms with Crippen LogP contribution in [-0.2, 0) is 0 Å². The van der Waals surface area contributed by atoms with Crippen LogP contribution >= 0.6 is 11.6 Å². The Kier molecular flexibility index (Phi) is 3.34. The minimum absolute atomic E-state index is 0.0178. The molecule has 0 aromatic carbocycles. The molecule has 2 N–H and O–H groups in total. The number of hydrogen-bond acceptors (Lipinski definition) is 2. The molecule has 1 heterocycles. The van der Waals surface area contributed by atoms with Crippen LogP contribution in [-0.4, -0.2) is 11.2 Å². The summed E-state index contributed by atoms with van der Waals surface area (Å²) >= 11 is 5.59. The third-order valence-electron chi connectivity index (χ3n) is 1.64. The van der Waals surface area contributed by atoms with Crippen LogP contribution in [0.1, 0.15) is 18.0 Å². The van der Waals surface area contributed by atoms with Crippen molar-refractivity contribution in [3.05, 3.63) is 29.0 Å². The monoisotopic (exact) mass is 224 g/mol. The summed E-state index contributed by atoms with van der Waals surface area (Å²) in [5.41, 5.74) is 5.55. The van der Waals surface area contributed by atoms with Gasteiger partial charge in [0.15, 0.2) is 0 Å². The Hall–Kier alpha value is -0.810. The Bertz CT molecular complexity index is 314. The Balaban J connectivity index is 2.80. The highest BCUT2D eigenvalue weighted by molar-refractivity contribution is 6.30. The van der Waals surface area contributed by atoms with Gasteiger partial charge in [0.05, 0.1) is 6.42 Å². The van der Waals surface area contributed by atoms with Gasteiger partial charge in [-0.15, -0.1) is 0 Å². The van der Waals surface area contributed by atoms with E-state index in [1.165, 1.54) is 18.3 Å². The highest BCUT2D eigenvalue weighted by Gasteiger charge is 2.31. The summed E-state index contributed by atoms with van der Waals surface area (Å²) in [6.45, 7) is 0. The zero-order chi connectivity index (χ0) is 10.8. The first-order valence-electron chi connectivity index (χ1n) is 3.83. The molecule has 0 spiro atoms. The van der Waals surface area contributed by atoms with Crippen LogP contribution in [0, 0.1) is 0 Å². The molecule has 0 aliphatic rings. The summed E-state index contributed by atoms with van der Waals surface area (Å²) < 4.78 is 35.9. The van der Waals surface area contributed by atoms with Crippen molar-refractivity contribution >= 4 is 11.6 Å². The lowest BCUT2D eigenvalue weighted by molar-refractivity contribution is -0.138. The molecular formula is C8H8ClF3N2. The molecule has 0 saturated carbocycles. The lowest BCUT2D eigenvalue weighted by Gasteiger charge is -2.14. The lowest BCUT2D eigenvalue weighted by atomic mass is 10.1. The van der Waals surface area contributed by atoms with Gasteiger partial charge in [-0.3, -0.25) is 0 Å². The predicted octanol–water partition coefficient (Wildman–Crippen LogP) is 2.69. The second-order valence-electron chi connectivity index (χ2n) is 2.81. The Morgan fingerprint density at radius 1 is 1.50 bits per heavy atom. The maximum absolute atomic E-state index is 12.0. The fraction of sp³-hybridized carbons (Fsp3) is 0.375. The molecule has 0 amide bonds. The number of pyridine rings is 1. The smallest absolute Gasteiger partial charge is 0.324 e. The number of halogens is 4. The molecule has 1 atom stereocenters. The minimum atomic E-state index is -4.29. The summed E-state index contributed by atoms with van der Waals surface area (Å²) in [5.74, 6) is 0. The maximum atomic E-state index is 12.0. The van der Waals surface area contributed by atoms with Crippen molar-refractivity contribution in [1.82, 2.24) is 4.98 Å². The fourth-order valence-electron chi connectivity index (χ4n) is 1.03.